The molecule has 0 aliphatic carbocycles. The number of likely N-dealkylation sites (tertiary alicyclic amines) is 1. The molecule has 0 amide bonds. The maximum atomic E-state index is 5.00. The van der Waals surface area contributed by atoms with Crippen molar-refractivity contribution in [3.63, 3.8) is 0 Å². The van der Waals surface area contributed by atoms with Crippen LogP contribution in [0.15, 0.2) is 17.4 Å². The molecule has 154 valence electrons. The Morgan fingerprint density at radius 1 is 1.33 bits per heavy atom. The van der Waals surface area contributed by atoms with Crippen molar-refractivity contribution in [3.8, 4) is 0 Å². The van der Waals surface area contributed by atoms with Crippen LogP contribution in [0, 0.1) is 5.92 Å². The molecule has 0 bridgehead atoms. The number of rotatable bonds is 9. The molecule has 0 saturated carbocycles. The Labute approximate surface area is 165 Å². The fourth-order valence-corrected chi connectivity index (χ4v) is 3.80. The van der Waals surface area contributed by atoms with E-state index < -0.39 is 0 Å². The number of nitrogens with one attached hydrogen (secondary N) is 1. The third kappa shape index (κ3) is 6.21. The van der Waals surface area contributed by atoms with Crippen LogP contribution in [0.25, 0.3) is 0 Å². The summed E-state index contributed by atoms with van der Waals surface area (Å²) in [4.78, 5) is 12.2. The summed E-state index contributed by atoms with van der Waals surface area (Å²) in [7, 11) is 6.18. The molecule has 27 heavy (non-hydrogen) atoms. The summed E-state index contributed by atoms with van der Waals surface area (Å²) in [6.07, 6.45) is 5.28. The van der Waals surface area contributed by atoms with E-state index in [2.05, 4.69) is 66.2 Å². The quantitative estimate of drug-likeness (QED) is 0.524. The molecule has 0 radical (unpaired) electrons. The Hall–Kier alpha value is -1.60. The topological polar surface area (TPSA) is 51.9 Å². The summed E-state index contributed by atoms with van der Waals surface area (Å²) in [5.41, 5.74) is 1.21. The van der Waals surface area contributed by atoms with E-state index in [4.69, 9.17) is 4.99 Å². The predicted molar refractivity (Wildman–Crippen MR) is 113 cm³/mol. The molecule has 7 nitrogen and oxygen atoms in total. The Balaban J connectivity index is 2.03. The third-order valence-electron chi connectivity index (χ3n) is 5.48. The van der Waals surface area contributed by atoms with Crippen molar-refractivity contribution in [1.29, 1.82) is 0 Å². The van der Waals surface area contributed by atoms with Crippen LogP contribution < -0.4 is 5.32 Å². The van der Waals surface area contributed by atoms with Crippen LogP contribution in [0.3, 0.4) is 0 Å². The van der Waals surface area contributed by atoms with E-state index in [0.29, 0.717) is 0 Å². The van der Waals surface area contributed by atoms with Gasteiger partial charge in [-0.05, 0) is 46.4 Å². The van der Waals surface area contributed by atoms with Crippen molar-refractivity contribution < 1.29 is 0 Å². The van der Waals surface area contributed by atoms with Gasteiger partial charge in [-0.15, -0.1) is 0 Å². The number of aromatic nitrogens is 2. The van der Waals surface area contributed by atoms with Crippen molar-refractivity contribution in [2.45, 2.75) is 33.2 Å². The van der Waals surface area contributed by atoms with E-state index in [-0.39, 0.29) is 6.04 Å². The first-order chi connectivity index (χ1) is 13.0. The van der Waals surface area contributed by atoms with Gasteiger partial charge >= 0.3 is 0 Å². The molecule has 0 spiro atoms. The van der Waals surface area contributed by atoms with E-state index in [1.165, 1.54) is 18.5 Å². The number of aliphatic imine (C=N–C) groups is 1. The van der Waals surface area contributed by atoms with Crippen LogP contribution >= 0.6 is 0 Å². The number of hydrogen-bond donors (Lipinski definition) is 1. The van der Waals surface area contributed by atoms with Gasteiger partial charge in [-0.2, -0.15) is 5.10 Å². The Bertz CT molecular complexity index is 577. The molecule has 1 saturated heterocycles. The van der Waals surface area contributed by atoms with Gasteiger partial charge in [0.1, 0.15) is 0 Å². The first kappa shape index (κ1) is 21.7. The largest absolute Gasteiger partial charge is 0.357 e. The van der Waals surface area contributed by atoms with E-state index >= 15 is 0 Å². The number of guanidine groups is 1. The van der Waals surface area contributed by atoms with Gasteiger partial charge in [-0.1, -0.05) is 13.8 Å². The maximum Gasteiger partial charge on any atom is 0.193 e. The molecule has 1 aromatic heterocycles. The van der Waals surface area contributed by atoms with Crippen LogP contribution in [-0.2, 0) is 7.05 Å². The zero-order chi connectivity index (χ0) is 19.8. The Morgan fingerprint density at radius 2 is 2.07 bits per heavy atom. The SMILES string of the molecule is CCNC(=NCC(c1cnn(C)c1)N(C)C)N1CCC(CN(CC)CC)C1. The van der Waals surface area contributed by atoms with Gasteiger partial charge in [-0.3, -0.25) is 9.67 Å². The van der Waals surface area contributed by atoms with Crippen LogP contribution in [0.5, 0.6) is 0 Å². The average Bonchev–Trinajstić information content (AvgIpc) is 3.28. The average molecular weight is 378 g/mol. The second kappa shape index (κ2) is 10.7. The molecule has 2 heterocycles. The summed E-state index contributed by atoms with van der Waals surface area (Å²) < 4.78 is 1.86. The minimum Gasteiger partial charge on any atom is -0.357 e. The van der Waals surface area contributed by atoms with Gasteiger partial charge in [0.15, 0.2) is 5.96 Å². The summed E-state index contributed by atoms with van der Waals surface area (Å²) in [6, 6.07) is 0.237. The molecule has 2 rings (SSSR count). The fourth-order valence-electron chi connectivity index (χ4n) is 3.80. The van der Waals surface area contributed by atoms with Crippen LogP contribution in [0.2, 0.25) is 0 Å². The molecule has 1 aliphatic rings. The van der Waals surface area contributed by atoms with Gasteiger partial charge in [0.25, 0.3) is 0 Å². The molecule has 1 aliphatic heterocycles. The van der Waals surface area contributed by atoms with Gasteiger partial charge in [0.2, 0.25) is 0 Å². The fraction of sp³-hybridized carbons (Fsp3) is 0.800. The van der Waals surface area contributed by atoms with Crippen molar-refractivity contribution in [1.82, 2.24) is 29.8 Å². The monoisotopic (exact) mass is 377 g/mol. The highest BCUT2D eigenvalue weighted by molar-refractivity contribution is 5.80. The Morgan fingerprint density at radius 3 is 2.63 bits per heavy atom. The molecule has 1 aromatic rings. The maximum absolute atomic E-state index is 5.00. The highest BCUT2D eigenvalue weighted by atomic mass is 15.3. The molecular weight excluding hydrogens is 338 g/mol. The van der Waals surface area contributed by atoms with Crippen LogP contribution in [0.1, 0.15) is 38.8 Å². The van der Waals surface area contributed by atoms with Crippen LogP contribution in [0.4, 0.5) is 0 Å². The minimum atomic E-state index is 0.237. The molecule has 2 atom stereocenters. The summed E-state index contributed by atoms with van der Waals surface area (Å²) >= 11 is 0. The number of likely N-dealkylation sites (N-methyl/N-ethyl adjacent to an activating group) is 1. The number of hydrogen-bond acceptors (Lipinski definition) is 4. The van der Waals surface area contributed by atoms with E-state index in [0.717, 1.165) is 51.1 Å². The first-order valence-corrected chi connectivity index (χ1v) is 10.4. The Kier molecular flexibility index (Phi) is 8.57. The van der Waals surface area contributed by atoms with Gasteiger partial charge < -0.3 is 20.0 Å². The zero-order valence-corrected chi connectivity index (χ0v) is 18.1. The molecule has 1 fully saturated rings. The van der Waals surface area contributed by atoms with Crippen molar-refractivity contribution in [3.05, 3.63) is 18.0 Å². The van der Waals surface area contributed by atoms with E-state index in [9.17, 15) is 0 Å². The number of aryl methyl sites for hydroxylation is 1. The van der Waals surface area contributed by atoms with Crippen molar-refractivity contribution in [2.75, 3.05) is 59.9 Å². The normalized spacial score (nSPS) is 19.3. The van der Waals surface area contributed by atoms with Gasteiger partial charge in [-0.25, -0.2) is 0 Å². The molecule has 0 aromatic carbocycles. The highest BCUT2D eigenvalue weighted by Gasteiger charge is 2.26. The number of nitrogens with zero attached hydrogens (tertiary/aromatic N) is 6. The third-order valence-corrected chi connectivity index (χ3v) is 5.48. The summed E-state index contributed by atoms with van der Waals surface area (Å²) in [5.74, 6) is 1.78. The smallest absolute Gasteiger partial charge is 0.193 e. The minimum absolute atomic E-state index is 0.237. The zero-order valence-electron chi connectivity index (χ0n) is 18.1. The summed E-state index contributed by atoms with van der Waals surface area (Å²) in [6.45, 7) is 13.9. The van der Waals surface area contributed by atoms with Crippen molar-refractivity contribution in [2.24, 2.45) is 18.0 Å². The second-order valence-electron chi connectivity index (χ2n) is 7.71. The van der Waals surface area contributed by atoms with E-state index in [1.54, 1.807) is 0 Å². The predicted octanol–water partition coefficient (Wildman–Crippen LogP) is 1.65. The lowest BCUT2D eigenvalue weighted by Crippen LogP contribution is -2.41. The lowest BCUT2D eigenvalue weighted by molar-refractivity contribution is 0.255. The lowest BCUT2D eigenvalue weighted by atomic mass is 10.1. The molecule has 1 N–H and O–H groups in total. The van der Waals surface area contributed by atoms with Crippen molar-refractivity contribution >= 4 is 5.96 Å². The van der Waals surface area contributed by atoms with Gasteiger partial charge in [0, 0.05) is 45.0 Å². The second-order valence-corrected chi connectivity index (χ2v) is 7.71. The highest BCUT2D eigenvalue weighted by Crippen LogP contribution is 2.20. The molecule has 2 unspecified atom stereocenters. The standard InChI is InChI=1S/C20H39N7/c1-7-21-20(27-11-10-17(15-27)14-26(8-2)9-3)22-13-19(24(4)5)18-12-23-25(6)16-18/h12,16-17,19H,7-11,13-15H2,1-6H3,(H,21,22). The van der Waals surface area contributed by atoms with E-state index in [1.807, 2.05) is 17.9 Å². The summed E-state index contributed by atoms with van der Waals surface area (Å²) in [5, 5.41) is 7.83. The molecular formula is C20H39N7. The lowest BCUT2D eigenvalue weighted by Gasteiger charge is -2.26. The van der Waals surface area contributed by atoms with Gasteiger partial charge in [0.05, 0.1) is 18.8 Å². The van der Waals surface area contributed by atoms with Crippen LogP contribution in [-0.4, -0.2) is 90.3 Å². The first-order valence-electron chi connectivity index (χ1n) is 10.4. The molecule has 7 heteroatoms.